The predicted octanol–water partition coefficient (Wildman–Crippen LogP) is -0.174. The number of rotatable bonds is 6. The molecule has 1 heterocycles. The van der Waals surface area contributed by atoms with Crippen molar-refractivity contribution in [3.8, 4) is 5.75 Å². The molecule has 0 bridgehead atoms. The fourth-order valence-corrected chi connectivity index (χ4v) is 2.45. The van der Waals surface area contributed by atoms with Crippen LogP contribution in [0.3, 0.4) is 0 Å². The highest BCUT2D eigenvalue weighted by atomic mass is 16.5. The number of hydrogen-bond donors (Lipinski definition) is 2. The minimum Gasteiger partial charge on any atom is -0.486 e. The molecule has 2 atom stereocenters. The van der Waals surface area contributed by atoms with Gasteiger partial charge in [0, 0.05) is 27.2 Å². The average Bonchev–Trinajstić information content (AvgIpc) is 2.80. The first-order valence-corrected chi connectivity index (χ1v) is 7.43. The van der Waals surface area contributed by atoms with Gasteiger partial charge in [-0.15, -0.1) is 0 Å². The molecule has 0 radical (unpaired) electrons. The van der Waals surface area contributed by atoms with E-state index in [1.165, 1.54) is 4.90 Å². The molecule has 23 heavy (non-hydrogen) atoms. The molecule has 1 fully saturated rings. The molecule has 7 nitrogen and oxygen atoms in total. The summed E-state index contributed by atoms with van der Waals surface area (Å²) in [6, 6.07) is 6.77. The Hall–Kier alpha value is -2.12. The number of carbonyl (C=O) groups is 2. The molecule has 1 saturated heterocycles. The van der Waals surface area contributed by atoms with E-state index in [1.54, 1.807) is 38.4 Å². The number of likely N-dealkylation sites (N-methyl/N-ethyl adjacent to an activating group) is 1. The Kier molecular flexibility index (Phi) is 5.57. The molecule has 1 aliphatic heterocycles. The standard InChI is InChI=1S/C16H22N2O5/c1-17(2)15(20)10-18-8-13(19)14(9-18)23-12-5-3-11(4-6-12)7-16(21)22/h3-6,13-14,19H,7-10H2,1-2H3,(H,21,22)/t13-,14-/m1/s1. The van der Waals surface area contributed by atoms with Gasteiger partial charge in [0.25, 0.3) is 0 Å². The van der Waals surface area contributed by atoms with Crippen LogP contribution in [0.1, 0.15) is 5.56 Å². The third-order valence-corrected chi connectivity index (χ3v) is 3.74. The highest BCUT2D eigenvalue weighted by Gasteiger charge is 2.34. The normalized spacial score (nSPS) is 21.2. The number of β-amino-alcohol motifs (C(OH)–C–C–N with tert-alkyl or cyclic N) is 1. The fraction of sp³-hybridized carbons (Fsp3) is 0.500. The number of carboxylic acid groups (broad SMARTS) is 1. The third-order valence-electron chi connectivity index (χ3n) is 3.74. The highest BCUT2D eigenvalue weighted by Crippen LogP contribution is 2.19. The lowest BCUT2D eigenvalue weighted by Gasteiger charge is -2.18. The highest BCUT2D eigenvalue weighted by molar-refractivity contribution is 5.77. The lowest BCUT2D eigenvalue weighted by atomic mass is 10.1. The van der Waals surface area contributed by atoms with E-state index in [4.69, 9.17) is 9.84 Å². The molecule has 0 saturated carbocycles. The maximum Gasteiger partial charge on any atom is 0.307 e. The molecule has 2 N–H and O–H groups in total. The Morgan fingerprint density at radius 3 is 2.48 bits per heavy atom. The minimum absolute atomic E-state index is 0.0177. The summed E-state index contributed by atoms with van der Waals surface area (Å²) in [7, 11) is 3.39. The zero-order valence-electron chi connectivity index (χ0n) is 13.3. The van der Waals surface area contributed by atoms with Gasteiger partial charge in [-0.2, -0.15) is 0 Å². The number of carbonyl (C=O) groups excluding carboxylic acids is 1. The van der Waals surface area contributed by atoms with E-state index in [-0.39, 0.29) is 18.9 Å². The van der Waals surface area contributed by atoms with Crippen molar-refractivity contribution in [1.29, 1.82) is 0 Å². The summed E-state index contributed by atoms with van der Waals surface area (Å²) in [5, 5.41) is 18.8. The Labute approximate surface area is 135 Å². The summed E-state index contributed by atoms with van der Waals surface area (Å²) < 4.78 is 5.76. The number of aliphatic carboxylic acids is 1. The van der Waals surface area contributed by atoms with Crippen molar-refractivity contribution in [3.63, 3.8) is 0 Å². The maximum atomic E-state index is 11.7. The van der Waals surface area contributed by atoms with Gasteiger partial charge in [0.05, 0.1) is 13.0 Å². The summed E-state index contributed by atoms with van der Waals surface area (Å²) in [6.07, 6.45) is -1.11. The molecule has 1 aromatic rings. The van der Waals surface area contributed by atoms with Crippen LogP contribution in [0.2, 0.25) is 0 Å². The van der Waals surface area contributed by atoms with Crippen LogP contribution in [0.4, 0.5) is 0 Å². The molecule has 0 aromatic heterocycles. The van der Waals surface area contributed by atoms with Gasteiger partial charge in [0.1, 0.15) is 18.0 Å². The number of nitrogens with zero attached hydrogens (tertiary/aromatic N) is 2. The van der Waals surface area contributed by atoms with Crippen LogP contribution >= 0.6 is 0 Å². The Morgan fingerprint density at radius 2 is 1.91 bits per heavy atom. The minimum atomic E-state index is -0.883. The molecule has 1 amide bonds. The number of carboxylic acids is 1. The van der Waals surface area contributed by atoms with Gasteiger partial charge in [-0.3, -0.25) is 14.5 Å². The summed E-state index contributed by atoms with van der Waals surface area (Å²) in [5.41, 5.74) is 0.690. The zero-order valence-corrected chi connectivity index (χ0v) is 13.3. The lowest BCUT2D eigenvalue weighted by Crippen LogP contribution is -2.36. The number of benzene rings is 1. The van der Waals surface area contributed by atoms with Crippen molar-refractivity contribution in [1.82, 2.24) is 9.80 Å². The molecule has 0 unspecified atom stereocenters. The second kappa shape index (κ2) is 7.43. The van der Waals surface area contributed by atoms with E-state index in [1.807, 2.05) is 4.90 Å². The van der Waals surface area contributed by atoms with E-state index in [0.717, 1.165) is 0 Å². The molecule has 7 heteroatoms. The van der Waals surface area contributed by atoms with E-state index in [9.17, 15) is 14.7 Å². The van der Waals surface area contributed by atoms with Gasteiger partial charge in [-0.05, 0) is 17.7 Å². The van der Waals surface area contributed by atoms with Crippen LogP contribution < -0.4 is 4.74 Å². The summed E-state index contributed by atoms with van der Waals surface area (Å²) in [4.78, 5) is 25.7. The molecule has 2 rings (SSSR count). The summed E-state index contributed by atoms with van der Waals surface area (Å²) >= 11 is 0. The second-order valence-electron chi connectivity index (χ2n) is 5.92. The number of aliphatic hydroxyl groups is 1. The number of aliphatic hydroxyl groups excluding tert-OH is 1. The van der Waals surface area contributed by atoms with Gasteiger partial charge in [-0.25, -0.2) is 0 Å². The number of likely N-dealkylation sites (tertiary alicyclic amines) is 1. The van der Waals surface area contributed by atoms with Crippen molar-refractivity contribution < 1.29 is 24.5 Å². The number of hydrogen-bond acceptors (Lipinski definition) is 5. The lowest BCUT2D eigenvalue weighted by molar-refractivity contribution is -0.136. The maximum absolute atomic E-state index is 11.7. The Balaban J connectivity index is 1.90. The summed E-state index contributed by atoms with van der Waals surface area (Å²) in [6.45, 7) is 1.11. The van der Waals surface area contributed by atoms with E-state index >= 15 is 0 Å². The van der Waals surface area contributed by atoms with E-state index < -0.39 is 18.2 Å². The van der Waals surface area contributed by atoms with E-state index in [2.05, 4.69) is 0 Å². The molecule has 0 spiro atoms. The molecular weight excluding hydrogens is 300 g/mol. The molecular formula is C16H22N2O5. The number of amides is 1. The second-order valence-corrected chi connectivity index (χ2v) is 5.92. The summed E-state index contributed by atoms with van der Waals surface area (Å²) in [5.74, 6) is -0.328. The topological polar surface area (TPSA) is 90.3 Å². The van der Waals surface area contributed by atoms with Gasteiger partial charge in [0.15, 0.2) is 0 Å². The SMILES string of the molecule is CN(C)C(=O)CN1C[C@@H](O)[C@H](Oc2ccc(CC(=O)O)cc2)C1. The van der Waals surface area contributed by atoms with Crippen LogP contribution in [0.5, 0.6) is 5.75 Å². The Morgan fingerprint density at radius 1 is 1.26 bits per heavy atom. The van der Waals surface area contributed by atoms with Crippen molar-refractivity contribution >= 4 is 11.9 Å². The molecule has 126 valence electrons. The van der Waals surface area contributed by atoms with Gasteiger partial charge < -0.3 is 19.8 Å². The van der Waals surface area contributed by atoms with Gasteiger partial charge >= 0.3 is 5.97 Å². The van der Waals surface area contributed by atoms with Crippen LogP contribution in [0, 0.1) is 0 Å². The first-order chi connectivity index (χ1) is 10.8. The molecule has 0 aliphatic carbocycles. The molecule has 1 aromatic carbocycles. The van der Waals surface area contributed by atoms with Crippen LogP contribution in [-0.2, 0) is 16.0 Å². The van der Waals surface area contributed by atoms with Crippen LogP contribution in [0.15, 0.2) is 24.3 Å². The third kappa shape index (κ3) is 4.94. The first kappa shape index (κ1) is 17.2. The average molecular weight is 322 g/mol. The molecule has 1 aliphatic rings. The van der Waals surface area contributed by atoms with E-state index in [0.29, 0.717) is 24.4 Å². The largest absolute Gasteiger partial charge is 0.486 e. The zero-order chi connectivity index (χ0) is 17.0. The first-order valence-electron chi connectivity index (χ1n) is 7.43. The Bertz CT molecular complexity index is 558. The van der Waals surface area contributed by atoms with Crippen molar-refractivity contribution in [2.24, 2.45) is 0 Å². The van der Waals surface area contributed by atoms with Crippen molar-refractivity contribution in [3.05, 3.63) is 29.8 Å². The van der Waals surface area contributed by atoms with Crippen molar-refractivity contribution in [2.45, 2.75) is 18.6 Å². The smallest absolute Gasteiger partial charge is 0.307 e. The van der Waals surface area contributed by atoms with Crippen LogP contribution in [-0.4, -0.2) is 77.8 Å². The fourth-order valence-electron chi connectivity index (χ4n) is 2.45. The van der Waals surface area contributed by atoms with Gasteiger partial charge in [0.2, 0.25) is 5.91 Å². The monoisotopic (exact) mass is 322 g/mol. The number of ether oxygens (including phenoxy) is 1. The van der Waals surface area contributed by atoms with Gasteiger partial charge in [-0.1, -0.05) is 12.1 Å². The van der Waals surface area contributed by atoms with Crippen LogP contribution in [0.25, 0.3) is 0 Å². The predicted molar refractivity (Wildman–Crippen MR) is 83.3 cm³/mol. The van der Waals surface area contributed by atoms with Crippen molar-refractivity contribution in [2.75, 3.05) is 33.7 Å². The quantitative estimate of drug-likeness (QED) is 0.755.